The lowest BCUT2D eigenvalue weighted by Gasteiger charge is -1.95. The van der Waals surface area contributed by atoms with Gasteiger partial charge >= 0.3 is 0 Å². The molecule has 1 heterocycles. The monoisotopic (exact) mass is 286 g/mol. The largest absolute Gasteiger partial charge is 0.460 e. The molecule has 0 bridgehead atoms. The van der Waals surface area contributed by atoms with E-state index in [0.717, 1.165) is 17.8 Å². The second kappa shape index (κ2) is 3.33. The predicted octanol–water partition coefficient (Wildman–Crippen LogP) is 3.91. The molecule has 1 aromatic heterocycles. The van der Waals surface area contributed by atoms with Crippen molar-refractivity contribution in [2.75, 3.05) is 0 Å². The third kappa shape index (κ3) is 1.59. The highest BCUT2D eigenvalue weighted by Crippen LogP contribution is 2.26. The fourth-order valence-electron chi connectivity index (χ4n) is 1.48. The first-order valence-electron chi connectivity index (χ1n) is 4.39. The normalized spacial score (nSPS) is 11.0. The summed E-state index contributed by atoms with van der Waals surface area (Å²) in [7, 11) is 0. The first-order valence-corrected chi connectivity index (χ1v) is 5.47. The molecule has 0 aliphatic rings. The van der Waals surface area contributed by atoms with Gasteiger partial charge in [0.1, 0.15) is 11.3 Å². The van der Waals surface area contributed by atoms with Crippen LogP contribution in [0.5, 0.6) is 0 Å². The molecule has 2 rings (SSSR count). The molecule has 0 fully saturated rings. The van der Waals surface area contributed by atoms with Gasteiger partial charge in [-0.3, -0.25) is 0 Å². The van der Waals surface area contributed by atoms with E-state index >= 15 is 0 Å². The minimum Gasteiger partial charge on any atom is -0.460 e. The molecule has 0 amide bonds. The topological polar surface area (TPSA) is 13.1 Å². The predicted molar refractivity (Wildman–Crippen MR) is 63.0 cm³/mol. The molecule has 2 heteroatoms. The average Bonchev–Trinajstić information content (AvgIpc) is 2.47. The summed E-state index contributed by atoms with van der Waals surface area (Å²) >= 11 is 2.32. The lowest BCUT2D eigenvalue weighted by atomic mass is 10.2. The molecule has 13 heavy (non-hydrogen) atoms. The van der Waals surface area contributed by atoms with Gasteiger partial charge in [-0.2, -0.15) is 0 Å². The molecule has 0 radical (unpaired) electrons. The van der Waals surface area contributed by atoms with Crippen LogP contribution in [0.15, 0.2) is 22.6 Å². The van der Waals surface area contributed by atoms with Crippen LogP contribution in [0.2, 0.25) is 0 Å². The Morgan fingerprint density at radius 2 is 2.08 bits per heavy atom. The van der Waals surface area contributed by atoms with Crippen LogP contribution < -0.4 is 0 Å². The van der Waals surface area contributed by atoms with E-state index in [0.29, 0.717) is 0 Å². The lowest BCUT2D eigenvalue weighted by molar-refractivity contribution is 0.555. The summed E-state index contributed by atoms with van der Waals surface area (Å²) in [4.78, 5) is 0. The van der Waals surface area contributed by atoms with Gasteiger partial charge in [-0.1, -0.05) is 6.92 Å². The van der Waals surface area contributed by atoms with Gasteiger partial charge < -0.3 is 4.42 Å². The van der Waals surface area contributed by atoms with E-state index in [9.17, 15) is 0 Å². The number of aryl methyl sites for hydroxylation is 2. The SMILES string of the molecule is CCc1cc2cc(C)cc(I)c2o1. The van der Waals surface area contributed by atoms with Gasteiger partial charge in [0, 0.05) is 11.8 Å². The molecular weight excluding hydrogens is 275 g/mol. The Morgan fingerprint density at radius 3 is 2.77 bits per heavy atom. The fourth-order valence-corrected chi connectivity index (χ4v) is 2.39. The Balaban J connectivity index is 2.75. The van der Waals surface area contributed by atoms with Crippen molar-refractivity contribution in [3.63, 3.8) is 0 Å². The Kier molecular flexibility index (Phi) is 2.32. The summed E-state index contributed by atoms with van der Waals surface area (Å²) in [5, 5.41) is 1.22. The van der Waals surface area contributed by atoms with Gasteiger partial charge in [-0.15, -0.1) is 0 Å². The third-order valence-corrected chi connectivity index (χ3v) is 2.92. The zero-order chi connectivity index (χ0) is 9.42. The highest BCUT2D eigenvalue weighted by molar-refractivity contribution is 14.1. The summed E-state index contributed by atoms with van der Waals surface area (Å²) in [6, 6.07) is 6.44. The van der Waals surface area contributed by atoms with Crippen LogP contribution in [0.1, 0.15) is 18.2 Å². The number of hydrogen-bond donors (Lipinski definition) is 0. The van der Waals surface area contributed by atoms with Gasteiger partial charge in [0.25, 0.3) is 0 Å². The summed E-state index contributed by atoms with van der Waals surface area (Å²) in [5.41, 5.74) is 2.32. The van der Waals surface area contributed by atoms with E-state index in [1.807, 2.05) is 0 Å². The first kappa shape index (κ1) is 9.06. The summed E-state index contributed by atoms with van der Waals surface area (Å²) in [6.45, 7) is 4.22. The lowest BCUT2D eigenvalue weighted by Crippen LogP contribution is -1.75. The molecule has 0 saturated heterocycles. The molecule has 1 nitrogen and oxygen atoms in total. The van der Waals surface area contributed by atoms with Crippen LogP contribution in [0, 0.1) is 10.5 Å². The molecule has 68 valence electrons. The van der Waals surface area contributed by atoms with Crippen molar-refractivity contribution in [2.24, 2.45) is 0 Å². The first-order chi connectivity index (χ1) is 6.20. The molecule has 0 aliphatic carbocycles. The van der Waals surface area contributed by atoms with Crippen molar-refractivity contribution in [3.05, 3.63) is 33.1 Å². The number of fused-ring (bicyclic) bond motifs is 1. The van der Waals surface area contributed by atoms with Crippen LogP contribution in [0.3, 0.4) is 0 Å². The van der Waals surface area contributed by atoms with Crippen molar-refractivity contribution in [2.45, 2.75) is 20.3 Å². The Bertz CT molecular complexity index is 443. The van der Waals surface area contributed by atoms with Crippen LogP contribution in [0.4, 0.5) is 0 Å². The molecule has 0 saturated carbocycles. The van der Waals surface area contributed by atoms with Crippen LogP contribution >= 0.6 is 22.6 Å². The van der Waals surface area contributed by atoms with Gasteiger partial charge in [0.15, 0.2) is 0 Å². The van der Waals surface area contributed by atoms with Crippen molar-refractivity contribution < 1.29 is 4.42 Å². The average molecular weight is 286 g/mol. The molecule has 1 aromatic carbocycles. The maximum atomic E-state index is 5.70. The Labute approximate surface area is 91.3 Å². The molecular formula is C11H11IO. The second-order valence-electron chi connectivity index (χ2n) is 3.23. The zero-order valence-corrected chi connectivity index (χ0v) is 9.88. The minimum atomic E-state index is 0.962. The standard InChI is InChI=1S/C11H11IO/c1-3-9-6-8-4-7(2)5-10(12)11(8)13-9/h4-6H,3H2,1-2H3. The zero-order valence-electron chi connectivity index (χ0n) is 7.73. The third-order valence-electron chi connectivity index (χ3n) is 2.11. The molecule has 0 N–H and O–H groups in total. The van der Waals surface area contributed by atoms with E-state index < -0.39 is 0 Å². The number of halogens is 1. The van der Waals surface area contributed by atoms with Crippen molar-refractivity contribution in [3.8, 4) is 0 Å². The number of furan rings is 1. The van der Waals surface area contributed by atoms with Crippen molar-refractivity contribution >= 4 is 33.6 Å². The maximum absolute atomic E-state index is 5.70. The minimum absolute atomic E-state index is 0.962. The highest BCUT2D eigenvalue weighted by atomic mass is 127. The smallest absolute Gasteiger partial charge is 0.147 e. The van der Waals surface area contributed by atoms with Gasteiger partial charge in [-0.25, -0.2) is 0 Å². The van der Waals surface area contributed by atoms with Gasteiger partial charge in [0.05, 0.1) is 3.57 Å². The Morgan fingerprint density at radius 1 is 1.31 bits per heavy atom. The summed E-state index contributed by atoms with van der Waals surface area (Å²) in [6.07, 6.45) is 0.962. The number of benzene rings is 1. The molecule has 0 atom stereocenters. The van der Waals surface area contributed by atoms with E-state index in [2.05, 4.69) is 54.6 Å². The quantitative estimate of drug-likeness (QED) is 0.724. The molecule has 0 spiro atoms. The molecule has 0 unspecified atom stereocenters. The molecule has 2 aromatic rings. The summed E-state index contributed by atoms with van der Waals surface area (Å²) in [5.74, 6) is 1.07. The van der Waals surface area contributed by atoms with E-state index in [-0.39, 0.29) is 0 Å². The van der Waals surface area contributed by atoms with Crippen molar-refractivity contribution in [1.82, 2.24) is 0 Å². The molecule has 0 aliphatic heterocycles. The van der Waals surface area contributed by atoms with Crippen LogP contribution in [-0.4, -0.2) is 0 Å². The fraction of sp³-hybridized carbons (Fsp3) is 0.273. The van der Waals surface area contributed by atoms with Gasteiger partial charge in [0.2, 0.25) is 0 Å². The maximum Gasteiger partial charge on any atom is 0.147 e. The number of hydrogen-bond acceptors (Lipinski definition) is 1. The number of rotatable bonds is 1. The second-order valence-corrected chi connectivity index (χ2v) is 4.39. The summed E-state index contributed by atoms with van der Waals surface area (Å²) < 4.78 is 6.90. The van der Waals surface area contributed by atoms with E-state index in [1.54, 1.807) is 0 Å². The Hall–Kier alpha value is -0.510. The van der Waals surface area contributed by atoms with E-state index in [1.165, 1.54) is 14.5 Å². The van der Waals surface area contributed by atoms with Crippen LogP contribution in [-0.2, 0) is 6.42 Å². The van der Waals surface area contributed by atoms with Crippen LogP contribution in [0.25, 0.3) is 11.0 Å². The van der Waals surface area contributed by atoms with Gasteiger partial charge in [-0.05, 0) is 53.3 Å². The van der Waals surface area contributed by atoms with Crippen molar-refractivity contribution in [1.29, 1.82) is 0 Å². The highest BCUT2D eigenvalue weighted by Gasteiger charge is 2.05. The van der Waals surface area contributed by atoms with E-state index in [4.69, 9.17) is 4.42 Å².